The first-order valence-corrected chi connectivity index (χ1v) is 6.43. The normalized spacial score (nSPS) is 20.3. The first-order valence-electron chi connectivity index (χ1n) is 6.43. The van der Waals surface area contributed by atoms with E-state index in [2.05, 4.69) is 4.74 Å². The highest BCUT2D eigenvalue weighted by Gasteiger charge is 2.53. The van der Waals surface area contributed by atoms with Gasteiger partial charge in [-0.3, -0.25) is 0 Å². The summed E-state index contributed by atoms with van der Waals surface area (Å²) in [6.07, 6.45) is -5.04. The summed E-state index contributed by atoms with van der Waals surface area (Å²) in [7, 11) is -1.36. The summed E-state index contributed by atoms with van der Waals surface area (Å²) in [5, 5.41) is 0. The SMILES string of the molecule is CC1(C)OB(c2c(F)cc(OC(F)(F)F)cc2F)OC1(C)C. The van der Waals surface area contributed by atoms with Crippen molar-refractivity contribution in [3.05, 3.63) is 23.8 Å². The van der Waals surface area contributed by atoms with E-state index in [4.69, 9.17) is 9.31 Å². The Morgan fingerprint density at radius 3 is 1.73 bits per heavy atom. The van der Waals surface area contributed by atoms with Gasteiger partial charge in [0.15, 0.2) is 0 Å². The van der Waals surface area contributed by atoms with Gasteiger partial charge >= 0.3 is 13.5 Å². The van der Waals surface area contributed by atoms with Gasteiger partial charge < -0.3 is 14.0 Å². The molecule has 1 heterocycles. The third-order valence-corrected chi connectivity index (χ3v) is 3.78. The van der Waals surface area contributed by atoms with E-state index in [1.165, 1.54) is 0 Å². The fourth-order valence-corrected chi connectivity index (χ4v) is 1.94. The minimum absolute atomic E-state index is 0.441. The van der Waals surface area contributed by atoms with E-state index in [0.717, 1.165) is 0 Å². The van der Waals surface area contributed by atoms with Gasteiger partial charge in [-0.05, 0) is 27.7 Å². The van der Waals surface area contributed by atoms with Crippen LogP contribution in [0.2, 0.25) is 0 Å². The molecule has 0 aliphatic carbocycles. The molecule has 1 fully saturated rings. The molecule has 9 heteroatoms. The monoisotopic (exact) mass is 324 g/mol. The number of halogens is 5. The van der Waals surface area contributed by atoms with Crippen molar-refractivity contribution in [3.8, 4) is 5.75 Å². The molecule has 0 aromatic heterocycles. The van der Waals surface area contributed by atoms with Crippen LogP contribution in [0.25, 0.3) is 0 Å². The summed E-state index contributed by atoms with van der Waals surface area (Å²) >= 11 is 0. The third-order valence-electron chi connectivity index (χ3n) is 3.78. The predicted molar refractivity (Wildman–Crippen MR) is 68.8 cm³/mol. The van der Waals surface area contributed by atoms with Gasteiger partial charge in [0.05, 0.1) is 16.7 Å². The number of hydrogen-bond acceptors (Lipinski definition) is 3. The Balaban J connectivity index is 2.34. The lowest BCUT2D eigenvalue weighted by Gasteiger charge is -2.32. The van der Waals surface area contributed by atoms with Gasteiger partial charge in [0.1, 0.15) is 17.4 Å². The van der Waals surface area contributed by atoms with E-state index in [1.807, 2.05) is 0 Å². The number of rotatable bonds is 2. The van der Waals surface area contributed by atoms with Crippen LogP contribution in [0.15, 0.2) is 12.1 Å². The molecule has 0 bridgehead atoms. The van der Waals surface area contributed by atoms with E-state index in [1.54, 1.807) is 27.7 Å². The molecule has 1 aromatic rings. The zero-order valence-corrected chi connectivity index (χ0v) is 12.3. The number of ether oxygens (including phenoxy) is 1. The molecule has 0 amide bonds. The average molecular weight is 324 g/mol. The average Bonchev–Trinajstić information content (AvgIpc) is 2.43. The van der Waals surface area contributed by atoms with Crippen molar-refractivity contribution >= 4 is 12.6 Å². The van der Waals surface area contributed by atoms with Crippen LogP contribution >= 0.6 is 0 Å². The van der Waals surface area contributed by atoms with Crippen molar-refractivity contribution in [1.29, 1.82) is 0 Å². The number of hydrogen-bond donors (Lipinski definition) is 0. The van der Waals surface area contributed by atoms with Crippen molar-refractivity contribution in [2.75, 3.05) is 0 Å². The molecule has 0 unspecified atom stereocenters. The van der Waals surface area contributed by atoms with Gasteiger partial charge in [-0.15, -0.1) is 13.2 Å². The quantitative estimate of drug-likeness (QED) is 0.618. The maximum absolute atomic E-state index is 14.0. The summed E-state index contributed by atoms with van der Waals surface area (Å²) < 4.78 is 78.7. The summed E-state index contributed by atoms with van der Waals surface area (Å²) in [6.45, 7) is 6.74. The van der Waals surface area contributed by atoms with Crippen LogP contribution in [0.3, 0.4) is 0 Å². The highest BCUT2D eigenvalue weighted by Crippen LogP contribution is 2.37. The Bertz CT molecular complexity index is 547. The van der Waals surface area contributed by atoms with E-state index in [-0.39, 0.29) is 0 Å². The topological polar surface area (TPSA) is 27.7 Å². The minimum Gasteiger partial charge on any atom is -0.406 e. The van der Waals surface area contributed by atoms with E-state index in [9.17, 15) is 22.0 Å². The molecule has 1 aliphatic rings. The van der Waals surface area contributed by atoms with Gasteiger partial charge in [-0.25, -0.2) is 8.78 Å². The van der Waals surface area contributed by atoms with Crippen LogP contribution in [-0.4, -0.2) is 24.7 Å². The standard InChI is InChI=1S/C13H14BF5O3/c1-11(2)12(3,4)22-14(21-11)10-8(15)5-7(6-9(10)16)20-13(17,18)19/h5-6H,1-4H3. The Hall–Kier alpha value is -1.35. The summed E-state index contributed by atoms with van der Waals surface area (Å²) in [5.41, 5.74) is -2.26. The highest BCUT2D eigenvalue weighted by molar-refractivity contribution is 6.62. The Kier molecular flexibility index (Phi) is 3.94. The number of benzene rings is 1. The van der Waals surface area contributed by atoms with Crippen molar-refractivity contribution < 1.29 is 36.0 Å². The van der Waals surface area contributed by atoms with Crippen LogP contribution in [0, 0.1) is 11.6 Å². The molecule has 2 rings (SSSR count). The highest BCUT2D eigenvalue weighted by atomic mass is 19.4. The van der Waals surface area contributed by atoms with Gasteiger partial charge in [0.2, 0.25) is 0 Å². The smallest absolute Gasteiger partial charge is 0.406 e. The van der Waals surface area contributed by atoms with Crippen molar-refractivity contribution in [1.82, 2.24) is 0 Å². The van der Waals surface area contributed by atoms with Crippen LogP contribution in [-0.2, 0) is 9.31 Å². The fraction of sp³-hybridized carbons (Fsp3) is 0.538. The lowest BCUT2D eigenvalue weighted by Crippen LogP contribution is -2.41. The molecule has 0 atom stereocenters. The van der Waals surface area contributed by atoms with Gasteiger partial charge in [0.25, 0.3) is 0 Å². The summed E-state index contributed by atoms with van der Waals surface area (Å²) in [4.78, 5) is 0. The van der Waals surface area contributed by atoms with E-state index >= 15 is 0 Å². The molecule has 1 aromatic carbocycles. The zero-order valence-electron chi connectivity index (χ0n) is 12.3. The Morgan fingerprint density at radius 2 is 1.36 bits per heavy atom. The number of alkyl halides is 3. The molecule has 1 aliphatic heterocycles. The first-order chi connectivity index (χ1) is 9.82. The molecule has 0 saturated carbocycles. The van der Waals surface area contributed by atoms with Crippen LogP contribution in [0.5, 0.6) is 5.75 Å². The van der Waals surface area contributed by atoms with Crippen molar-refractivity contribution in [3.63, 3.8) is 0 Å². The molecule has 0 radical (unpaired) electrons. The molecule has 0 spiro atoms. The molecule has 122 valence electrons. The second-order valence-electron chi connectivity index (χ2n) is 5.94. The lowest BCUT2D eigenvalue weighted by atomic mass is 9.78. The first kappa shape index (κ1) is 17.0. The minimum atomic E-state index is -5.04. The molecular formula is C13H14BF5O3. The predicted octanol–water partition coefficient (Wildman–Crippen LogP) is 3.16. The maximum atomic E-state index is 14.0. The van der Waals surface area contributed by atoms with E-state index < -0.39 is 47.5 Å². The summed E-state index contributed by atoms with van der Waals surface area (Å²) in [5.74, 6) is -3.46. The van der Waals surface area contributed by atoms with Gasteiger partial charge in [-0.2, -0.15) is 0 Å². The molecule has 3 nitrogen and oxygen atoms in total. The maximum Gasteiger partial charge on any atom is 0.573 e. The molecule has 1 saturated heterocycles. The fourth-order valence-electron chi connectivity index (χ4n) is 1.94. The Morgan fingerprint density at radius 1 is 0.955 bits per heavy atom. The third kappa shape index (κ3) is 3.20. The lowest BCUT2D eigenvalue weighted by molar-refractivity contribution is -0.274. The van der Waals surface area contributed by atoms with Gasteiger partial charge in [-0.1, -0.05) is 0 Å². The Labute approximate surface area is 124 Å². The second-order valence-corrected chi connectivity index (χ2v) is 5.94. The van der Waals surface area contributed by atoms with Gasteiger partial charge in [0, 0.05) is 12.1 Å². The van der Waals surface area contributed by atoms with E-state index in [0.29, 0.717) is 12.1 Å². The molecular weight excluding hydrogens is 310 g/mol. The van der Waals surface area contributed by atoms with Crippen LogP contribution in [0.1, 0.15) is 27.7 Å². The van der Waals surface area contributed by atoms with Crippen LogP contribution in [0.4, 0.5) is 22.0 Å². The zero-order chi connectivity index (χ0) is 16.9. The second kappa shape index (κ2) is 5.09. The largest absolute Gasteiger partial charge is 0.573 e. The summed E-state index contributed by atoms with van der Waals surface area (Å²) in [6, 6.07) is 0.883. The molecule has 0 N–H and O–H groups in total. The van der Waals surface area contributed by atoms with Crippen molar-refractivity contribution in [2.24, 2.45) is 0 Å². The van der Waals surface area contributed by atoms with Crippen LogP contribution < -0.4 is 10.2 Å². The van der Waals surface area contributed by atoms with Crippen molar-refractivity contribution in [2.45, 2.75) is 45.3 Å². The molecule has 22 heavy (non-hydrogen) atoms.